The molecule has 2 aliphatic rings. The summed E-state index contributed by atoms with van der Waals surface area (Å²) in [5, 5.41) is 8.48. The highest BCUT2D eigenvalue weighted by Gasteiger charge is 2.29. The second-order valence-electron chi connectivity index (χ2n) is 7.84. The molecule has 0 unspecified atom stereocenters. The van der Waals surface area contributed by atoms with E-state index >= 15 is 0 Å². The average Bonchev–Trinajstić information content (AvgIpc) is 3.50. The summed E-state index contributed by atoms with van der Waals surface area (Å²) in [6.07, 6.45) is 7.19. The maximum Gasteiger partial charge on any atom is 0.252 e. The van der Waals surface area contributed by atoms with Crippen molar-refractivity contribution in [3.63, 3.8) is 0 Å². The Kier molecular flexibility index (Phi) is 4.07. The molecule has 1 aromatic carbocycles. The van der Waals surface area contributed by atoms with Gasteiger partial charge in [0.25, 0.3) is 5.91 Å². The highest BCUT2D eigenvalue weighted by Crippen LogP contribution is 2.40. The lowest BCUT2D eigenvalue weighted by Gasteiger charge is -2.24. The Labute approximate surface area is 163 Å². The predicted octanol–water partition coefficient (Wildman–Crippen LogP) is 3.66. The summed E-state index contributed by atoms with van der Waals surface area (Å²) in [7, 11) is 3.60. The Morgan fingerprint density at radius 3 is 2.89 bits per heavy atom. The van der Waals surface area contributed by atoms with E-state index in [0.717, 1.165) is 60.0 Å². The van der Waals surface area contributed by atoms with Crippen LogP contribution in [0.5, 0.6) is 5.75 Å². The topological polar surface area (TPSA) is 69.0 Å². The molecule has 6 heteroatoms. The molecule has 0 aliphatic heterocycles. The maximum atomic E-state index is 13.3. The van der Waals surface area contributed by atoms with Gasteiger partial charge in [-0.3, -0.25) is 14.5 Å². The summed E-state index contributed by atoms with van der Waals surface area (Å²) in [5.74, 6) is 1.16. The molecule has 28 heavy (non-hydrogen) atoms. The van der Waals surface area contributed by atoms with Crippen molar-refractivity contribution in [3.05, 3.63) is 53.0 Å². The molecular weight excluding hydrogens is 352 g/mol. The number of rotatable bonds is 4. The van der Waals surface area contributed by atoms with E-state index < -0.39 is 0 Å². The first-order valence-corrected chi connectivity index (χ1v) is 9.94. The average molecular weight is 376 g/mol. The Morgan fingerprint density at radius 2 is 2.11 bits per heavy atom. The van der Waals surface area contributed by atoms with Crippen LogP contribution in [0.15, 0.2) is 30.5 Å². The number of aryl methyl sites for hydroxylation is 1. The van der Waals surface area contributed by atoms with Gasteiger partial charge in [0.1, 0.15) is 5.75 Å². The van der Waals surface area contributed by atoms with Gasteiger partial charge in [-0.2, -0.15) is 5.10 Å². The van der Waals surface area contributed by atoms with Crippen molar-refractivity contribution >= 4 is 16.8 Å². The Morgan fingerprint density at radius 1 is 1.25 bits per heavy atom. The van der Waals surface area contributed by atoms with Crippen molar-refractivity contribution in [1.29, 1.82) is 0 Å². The van der Waals surface area contributed by atoms with Crippen molar-refractivity contribution < 1.29 is 9.53 Å². The van der Waals surface area contributed by atoms with Gasteiger partial charge in [-0.1, -0.05) is 0 Å². The number of benzene rings is 1. The summed E-state index contributed by atoms with van der Waals surface area (Å²) in [6, 6.07) is 7.72. The number of ether oxygens (including phenoxy) is 1. The fraction of sp³-hybridized carbons (Fsp3) is 0.409. The van der Waals surface area contributed by atoms with Crippen molar-refractivity contribution in [2.75, 3.05) is 7.11 Å². The summed E-state index contributed by atoms with van der Waals surface area (Å²) in [5.41, 5.74) is 4.91. The largest absolute Gasteiger partial charge is 0.497 e. The fourth-order valence-electron chi connectivity index (χ4n) is 4.22. The van der Waals surface area contributed by atoms with E-state index in [-0.39, 0.29) is 11.9 Å². The number of carbonyl (C=O) groups is 1. The van der Waals surface area contributed by atoms with Gasteiger partial charge in [-0.15, -0.1) is 0 Å². The van der Waals surface area contributed by atoms with Crippen molar-refractivity contribution in [1.82, 2.24) is 20.1 Å². The predicted molar refractivity (Wildman–Crippen MR) is 107 cm³/mol. The molecule has 2 heterocycles. The zero-order chi connectivity index (χ0) is 19.3. The van der Waals surface area contributed by atoms with Crippen LogP contribution in [-0.2, 0) is 13.5 Å². The third kappa shape index (κ3) is 2.93. The van der Waals surface area contributed by atoms with Gasteiger partial charge < -0.3 is 10.1 Å². The van der Waals surface area contributed by atoms with Gasteiger partial charge in [-0.25, -0.2) is 0 Å². The van der Waals surface area contributed by atoms with Gasteiger partial charge in [0.15, 0.2) is 0 Å². The first-order valence-electron chi connectivity index (χ1n) is 9.94. The zero-order valence-electron chi connectivity index (χ0n) is 16.2. The summed E-state index contributed by atoms with van der Waals surface area (Å²) in [4.78, 5) is 18.1. The number of methoxy groups -OCH3 is 1. The number of aromatic nitrogens is 3. The highest BCUT2D eigenvalue weighted by atomic mass is 16.5. The number of hydrogen-bond donors (Lipinski definition) is 1. The Hall–Kier alpha value is -2.89. The van der Waals surface area contributed by atoms with Gasteiger partial charge >= 0.3 is 0 Å². The van der Waals surface area contributed by atoms with Crippen LogP contribution in [0.25, 0.3) is 10.9 Å². The normalized spacial score (nSPS) is 18.7. The van der Waals surface area contributed by atoms with E-state index in [4.69, 9.17) is 9.72 Å². The van der Waals surface area contributed by atoms with Crippen LogP contribution in [0.4, 0.5) is 0 Å². The zero-order valence-corrected chi connectivity index (χ0v) is 16.2. The fourth-order valence-corrected chi connectivity index (χ4v) is 4.22. The minimum absolute atomic E-state index is 0.00291. The number of amides is 1. The van der Waals surface area contributed by atoms with E-state index in [9.17, 15) is 4.79 Å². The summed E-state index contributed by atoms with van der Waals surface area (Å²) in [6.45, 7) is 0. The molecule has 1 atom stereocenters. The molecule has 0 bridgehead atoms. The molecule has 1 amide bonds. The summed E-state index contributed by atoms with van der Waals surface area (Å²) >= 11 is 0. The molecule has 2 aromatic heterocycles. The number of pyridine rings is 1. The number of nitrogens with one attached hydrogen (secondary N) is 1. The monoisotopic (exact) mass is 376 g/mol. The number of hydrogen-bond acceptors (Lipinski definition) is 4. The number of carbonyl (C=O) groups excluding carboxylic acids is 1. The van der Waals surface area contributed by atoms with E-state index in [1.54, 1.807) is 7.11 Å². The summed E-state index contributed by atoms with van der Waals surface area (Å²) < 4.78 is 7.30. The standard InChI is InChI=1S/C22H24N4O2/c1-26-21-5-3-4-18(17(21)12-23-26)25-22(27)16-11-20(13-6-7-13)24-19-9-8-14(28-2)10-15(16)19/h8-13,18H,3-7H2,1-2H3,(H,25,27)/t18-/m0/s1. The second-order valence-corrected chi connectivity index (χ2v) is 7.84. The van der Waals surface area contributed by atoms with Gasteiger partial charge in [0, 0.05) is 35.3 Å². The third-order valence-electron chi connectivity index (χ3n) is 5.96. The first-order chi connectivity index (χ1) is 13.6. The smallest absolute Gasteiger partial charge is 0.252 e. The van der Waals surface area contributed by atoms with Crippen LogP contribution in [0.3, 0.4) is 0 Å². The Balaban J connectivity index is 1.53. The van der Waals surface area contributed by atoms with Crippen molar-refractivity contribution in [2.24, 2.45) is 7.05 Å². The number of nitrogens with zero attached hydrogens (tertiary/aromatic N) is 3. The van der Waals surface area contributed by atoms with Crippen molar-refractivity contribution in [3.8, 4) is 5.75 Å². The maximum absolute atomic E-state index is 13.3. The van der Waals surface area contributed by atoms with Crippen molar-refractivity contribution in [2.45, 2.75) is 44.1 Å². The Bertz CT molecular complexity index is 1070. The molecule has 2 aliphatic carbocycles. The van der Waals surface area contributed by atoms with Gasteiger partial charge in [0.05, 0.1) is 30.4 Å². The number of fused-ring (bicyclic) bond motifs is 2. The minimum Gasteiger partial charge on any atom is -0.497 e. The second kappa shape index (κ2) is 6.62. The molecule has 6 nitrogen and oxygen atoms in total. The van der Waals surface area contributed by atoms with Crippen LogP contribution >= 0.6 is 0 Å². The van der Waals surface area contributed by atoms with Crippen LogP contribution in [-0.4, -0.2) is 27.8 Å². The lowest BCUT2D eigenvalue weighted by atomic mass is 9.92. The third-order valence-corrected chi connectivity index (χ3v) is 5.96. The SMILES string of the molecule is COc1ccc2nc(C3CC3)cc(C(=O)N[C@H]3CCCc4c3cnn4C)c2c1. The molecule has 0 spiro atoms. The minimum atomic E-state index is -0.0516. The molecule has 144 valence electrons. The van der Waals surface area contributed by atoms with Gasteiger partial charge in [-0.05, 0) is 56.4 Å². The van der Waals surface area contributed by atoms with Crippen LogP contribution in [0.1, 0.15) is 65.0 Å². The van der Waals surface area contributed by atoms with E-state index in [1.807, 2.05) is 42.2 Å². The molecule has 0 saturated heterocycles. The highest BCUT2D eigenvalue weighted by molar-refractivity contribution is 6.06. The van der Waals surface area contributed by atoms with Gasteiger partial charge in [0.2, 0.25) is 0 Å². The first kappa shape index (κ1) is 17.2. The van der Waals surface area contributed by atoms with Crippen LogP contribution in [0, 0.1) is 0 Å². The van der Waals surface area contributed by atoms with E-state index in [1.165, 1.54) is 5.69 Å². The molecule has 0 radical (unpaired) electrons. The quantitative estimate of drug-likeness (QED) is 0.754. The molecule has 1 fully saturated rings. The van der Waals surface area contributed by atoms with E-state index in [0.29, 0.717) is 11.5 Å². The van der Waals surface area contributed by atoms with Crippen LogP contribution in [0.2, 0.25) is 0 Å². The molecule has 3 aromatic rings. The molecular formula is C22H24N4O2. The molecule has 1 N–H and O–H groups in total. The lowest BCUT2D eigenvalue weighted by Crippen LogP contribution is -2.31. The van der Waals surface area contributed by atoms with E-state index in [2.05, 4.69) is 10.4 Å². The molecule has 1 saturated carbocycles. The molecule has 5 rings (SSSR count). The lowest BCUT2D eigenvalue weighted by molar-refractivity contribution is 0.0934. The van der Waals surface area contributed by atoms with Crippen LogP contribution < -0.4 is 10.1 Å².